The van der Waals surface area contributed by atoms with Crippen LogP contribution in [0.2, 0.25) is 0 Å². The molecule has 3 aliphatic rings. The first-order valence-corrected chi connectivity index (χ1v) is 7.95. The summed E-state index contributed by atoms with van der Waals surface area (Å²) < 4.78 is 44.9. The maximum Gasteiger partial charge on any atom is 0.416 e. The molecule has 5 atom stereocenters. The van der Waals surface area contributed by atoms with E-state index < -0.39 is 41.0 Å². The van der Waals surface area contributed by atoms with E-state index in [4.69, 9.17) is 4.74 Å². The molecule has 4 rings (SSSR count). The van der Waals surface area contributed by atoms with Crippen LogP contribution in [0.4, 0.5) is 18.9 Å². The van der Waals surface area contributed by atoms with Gasteiger partial charge >= 0.3 is 6.18 Å². The second-order valence-corrected chi connectivity index (χ2v) is 7.40. The number of nitrogens with zero attached hydrogens (tertiary/aromatic N) is 1. The van der Waals surface area contributed by atoms with Crippen LogP contribution in [0.3, 0.4) is 0 Å². The summed E-state index contributed by atoms with van der Waals surface area (Å²) in [4.78, 5) is 14.0. The minimum atomic E-state index is -4.50. The molecule has 0 radical (unpaired) electrons. The third-order valence-electron chi connectivity index (χ3n) is 5.85. The van der Waals surface area contributed by atoms with E-state index in [1.807, 2.05) is 13.8 Å². The fourth-order valence-corrected chi connectivity index (χ4v) is 4.77. The van der Waals surface area contributed by atoms with Crippen molar-refractivity contribution in [2.45, 2.75) is 50.3 Å². The Morgan fingerprint density at radius 2 is 1.92 bits per heavy atom. The van der Waals surface area contributed by atoms with E-state index in [1.54, 1.807) is 0 Å². The van der Waals surface area contributed by atoms with E-state index in [-0.39, 0.29) is 11.6 Å². The van der Waals surface area contributed by atoms with Crippen molar-refractivity contribution in [3.63, 3.8) is 0 Å². The van der Waals surface area contributed by atoms with Crippen molar-refractivity contribution in [3.05, 3.63) is 29.8 Å². The molecule has 3 fully saturated rings. The van der Waals surface area contributed by atoms with E-state index in [0.717, 1.165) is 23.5 Å². The minimum Gasteiger partial charge on any atom is -0.373 e. The second-order valence-electron chi connectivity index (χ2n) is 7.40. The topological polar surface area (TPSA) is 49.8 Å². The van der Waals surface area contributed by atoms with Crippen LogP contribution in [-0.2, 0) is 15.7 Å². The van der Waals surface area contributed by atoms with Gasteiger partial charge in [0.1, 0.15) is 6.23 Å². The van der Waals surface area contributed by atoms with Gasteiger partial charge in [-0.25, -0.2) is 0 Å². The third-order valence-corrected chi connectivity index (χ3v) is 5.85. The average molecular weight is 341 g/mol. The van der Waals surface area contributed by atoms with Crippen molar-refractivity contribution in [2.75, 3.05) is 4.90 Å². The van der Waals surface area contributed by atoms with Gasteiger partial charge in [0.15, 0.2) is 0 Å². The van der Waals surface area contributed by atoms with Gasteiger partial charge in [-0.1, -0.05) is 6.07 Å². The molecule has 4 nitrogen and oxygen atoms in total. The molecule has 1 amide bonds. The molecule has 3 aliphatic heterocycles. The highest BCUT2D eigenvalue weighted by molar-refractivity contribution is 5.99. The maximum absolute atomic E-state index is 13.0. The van der Waals surface area contributed by atoms with E-state index in [2.05, 4.69) is 0 Å². The number of hydrogen-bond donors (Lipinski definition) is 1. The first kappa shape index (κ1) is 15.9. The predicted molar refractivity (Wildman–Crippen MR) is 79.0 cm³/mol. The Bertz CT molecular complexity index is 721. The number of benzene rings is 1. The molecule has 0 aliphatic carbocycles. The van der Waals surface area contributed by atoms with E-state index >= 15 is 0 Å². The minimum absolute atomic E-state index is 0.0725. The van der Waals surface area contributed by atoms with E-state index in [9.17, 15) is 23.1 Å². The molecule has 1 aromatic carbocycles. The molecular formula is C17H18F3NO3. The zero-order chi connectivity index (χ0) is 17.5. The molecule has 1 N–H and O–H groups in total. The molecule has 1 aromatic rings. The maximum atomic E-state index is 13.0. The fourth-order valence-electron chi connectivity index (χ4n) is 4.77. The van der Waals surface area contributed by atoms with Gasteiger partial charge in [-0.3, -0.25) is 9.69 Å². The Balaban J connectivity index is 1.76. The average Bonchev–Trinajstić information content (AvgIpc) is 3.03. The number of aliphatic hydroxyl groups is 1. The summed E-state index contributed by atoms with van der Waals surface area (Å²) in [5.74, 6) is -1.32. The monoisotopic (exact) mass is 341 g/mol. The standard InChI is InChI=1S/C17H18F3NO3/c1-15-6-7-16(2,24-15)12-11(15)13(22)21(14(12)23)10-5-3-4-9(8-10)17(18,19)20/h3-5,8,11-13,22H,6-7H2,1-2H3. The lowest BCUT2D eigenvalue weighted by Gasteiger charge is -2.32. The SMILES string of the molecule is CC12CCC(C)(O1)C1C(O)N(c3cccc(C(F)(F)F)c3)C(=O)C12. The number of hydrogen-bond acceptors (Lipinski definition) is 3. The molecule has 3 heterocycles. The van der Waals surface area contributed by atoms with Crippen LogP contribution >= 0.6 is 0 Å². The number of fused-ring (bicyclic) bond motifs is 5. The van der Waals surface area contributed by atoms with Crippen molar-refractivity contribution in [2.24, 2.45) is 11.8 Å². The Hall–Kier alpha value is -1.60. The molecule has 0 spiro atoms. The number of carbonyl (C=O) groups is 1. The van der Waals surface area contributed by atoms with Crippen LogP contribution in [0.25, 0.3) is 0 Å². The number of carbonyl (C=O) groups excluding carboxylic acids is 1. The van der Waals surface area contributed by atoms with Gasteiger partial charge in [0.2, 0.25) is 5.91 Å². The highest BCUT2D eigenvalue weighted by Crippen LogP contribution is 2.62. The number of aliphatic hydroxyl groups excluding tert-OH is 1. The second kappa shape index (κ2) is 4.52. The van der Waals surface area contributed by atoms with Crippen molar-refractivity contribution in [1.29, 1.82) is 0 Å². The summed E-state index contributed by atoms with van der Waals surface area (Å²) in [5, 5.41) is 10.7. The van der Waals surface area contributed by atoms with Gasteiger partial charge in [-0.05, 0) is 44.9 Å². The van der Waals surface area contributed by atoms with Crippen LogP contribution in [-0.4, -0.2) is 28.4 Å². The van der Waals surface area contributed by atoms with Crippen LogP contribution in [0.15, 0.2) is 24.3 Å². The lowest BCUT2D eigenvalue weighted by Crippen LogP contribution is -2.43. The van der Waals surface area contributed by atoms with Crippen molar-refractivity contribution in [1.82, 2.24) is 0 Å². The normalized spacial score (nSPS) is 41.2. The Morgan fingerprint density at radius 1 is 1.25 bits per heavy atom. The molecule has 2 bridgehead atoms. The molecule has 130 valence electrons. The molecule has 5 unspecified atom stereocenters. The zero-order valence-corrected chi connectivity index (χ0v) is 13.3. The van der Waals surface area contributed by atoms with E-state index in [1.165, 1.54) is 12.1 Å². The fraction of sp³-hybridized carbons (Fsp3) is 0.588. The number of rotatable bonds is 1. The van der Waals surface area contributed by atoms with Gasteiger partial charge < -0.3 is 9.84 Å². The highest BCUT2D eigenvalue weighted by Gasteiger charge is 2.72. The van der Waals surface area contributed by atoms with Crippen LogP contribution in [0.5, 0.6) is 0 Å². The molecule has 7 heteroatoms. The summed E-state index contributed by atoms with van der Waals surface area (Å²) >= 11 is 0. The summed E-state index contributed by atoms with van der Waals surface area (Å²) in [6, 6.07) is 4.54. The number of halogens is 3. The van der Waals surface area contributed by atoms with Crippen molar-refractivity contribution < 1.29 is 27.8 Å². The molecule has 0 aromatic heterocycles. The molecule has 3 saturated heterocycles. The third kappa shape index (κ3) is 1.91. The summed E-state index contributed by atoms with van der Waals surface area (Å²) in [7, 11) is 0. The number of ether oxygens (including phenoxy) is 1. The summed E-state index contributed by atoms with van der Waals surface area (Å²) in [5.41, 5.74) is -2.05. The Kier molecular flexibility index (Phi) is 2.99. The van der Waals surface area contributed by atoms with Crippen LogP contribution in [0, 0.1) is 11.8 Å². The zero-order valence-electron chi connectivity index (χ0n) is 13.3. The van der Waals surface area contributed by atoms with Gasteiger partial charge in [0, 0.05) is 11.6 Å². The highest BCUT2D eigenvalue weighted by atomic mass is 19.4. The van der Waals surface area contributed by atoms with Gasteiger partial charge in [-0.2, -0.15) is 13.2 Å². The van der Waals surface area contributed by atoms with E-state index in [0.29, 0.717) is 6.42 Å². The van der Waals surface area contributed by atoms with Gasteiger partial charge in [0.25, 0.3) is 0 Å². The number of amides is 1. The van der Waals surface area contributed by atoms with Crippen molar-refractivity contribution >= 4 is 11.6 Å². The predicted octanol–water partition coefficient (Wildman–Crippen LogP) is 2.94. The number of anilines is 1. The largest absolute Gasteiger partial charge is 0.416 e. The molecule has 0 saturated carbocycles. The Labute approximate surface area is 137 Å². The van der Waals surface area contributed by atoms with Gasteiger partial charge in [-0.15, -0.1) is 0 Å². The van der Waals surface area contributed by atoms with Crippen molar-refractivity contribution in [3.8, 4) is 0 Å². The number of alkyl halides is 3. The summed E-state index contributed by atoms with van der Waals surface area (Å²) in [6.45, 7) is 3.72. The Morgan fingerprint density at radius 3 is 2.54 bits per heavy atom. The molecule has 24 heavy (non-hydrogen) atoms. The molecular weight excluding hydrogens is 323 g/mol. The smallest absolute Gasteiger partial charge is 0.373 e. The lowest BCUT2D eigenvalue weighted by molar-refractivity contribution is -0.137. The van der Waals surface area contributed by atoms with Crippen LogP contribution in [0.1, 0.15) is 32.3 Å². The van der Waals surface area contributed by atoms with Crippen LogP contribution < -0.4 is 4.90 Å². The first-order valence-electron chi connectivity index (χ1n) is 7.95. The van der Waals surface area contributed by atoms with Gasteiger partial charge in [0.05, 0.1) is 22.7 Å². The first-order chi connectivity index (χ1) is 11.1. The summed E-state index contributed by atoms with van der Waals surface area (Å²) in [6.07, 6.45) is -4.25. The quantitative estimate of drug-likeness (QED) is 0.854. The lowest BCUT2D eigenvalue weighted by atomic mass is 9.69.